The van der Waals surface area contributed by atoms with E-state index in [0.29, 0.717) is 0 Å². The van der Waals surface area contributed by atoms with E-state index in [0.717, 1.165) is 32.5 Å². The standard InChI is InChI=1S/C18H27NO/c20-16-15-19(13-11-17-7-3-1-4-8-17)14-12-18-9-5-2-6-10-18/h1-3,5,7,9,20H,4,6,8,10-16H2. The molecule has 0 fully saturated rings. The van der Waals surface area contributed by atoms with E-state index < -0.39 is 0 Å². The highest BCUT2D eigenvalue weighted by Crippen LogP contribution is 2.18. The molecule has 1 N–H and O–H groups in total. The summed E-state index contributed by atoms with van der Waals surface area (Å²) in [7, 11) is 0. The Hall–Kier alpha value is -1.12. The normalized spacial score (nSPS) is 18.3. The summed E-state index contributed by atoms with van der Waals surface area (Å²) in [6, 6.07) is 0. The van der Waals surface area contributed by atoms with Crippen molar-refractivity contribution in [3.63, 3.8) is 0 Å². The maximum absolute atomic E-state index is 9.22. The Labute approximate surface area is 123 Å². The van der Waals surface area contributed by atoms with Gasteiger partial charge in [0, 0.05) is 19.6 Å². The van der Waals surface area contributed by atoms with Gasteiger partial charge in [-0.2, -0.15) is 0 Å². The Kier molecular flexibility index (Phi) is 6.82. The monoisotopic (exact) mass is 273 g/mol. The lowest BCUT2D eigenvalue weighted by Crippen LogP contribution is -2.29. The van der Waals surface area contributed by atoms with Crippen molar-refractivity contribution in [1.29, 1.82) is 0 Å². The molecule has 20 heavy (non-hydrogen) atoms. The molecule has 0 saturated heterocycles. The molecule has 0 heterocycles. The molecular formula is C18H27NO. The van der Waals surface area contributed by atoms with Gasteiger partial charge in [-0.05, 0) is 38.5 Å². The van der Waals surface area contributed by atoms with Crippen LogP contribution in [0.5, 0.6) is 0 Å². The SMILES string of the molecule is OCCN(CCC1=CC=CCC1)CCC1=CC=CCC1. The van der Waals surface area contributed by atoms with Gasteiger partial charge in [-0.15, -0.1) is 0 Å². The molecule has 0 aromatic rings. The van der Waals surface area contributed by atoms with Gasteiger partial charge >= 0.3 is 0 Å². The van der Waals surface area contributed by atoms with E-state index in [1.54, 1.807) is 11.1 Å². The van der Waals surface area contributed by atoms with Crippen LogP contribution >= 0.6 is 0 Å². The van der Waals surface area contributed by atoms with E-state index in [9.17, 15) is 5.11 Å². The molecule has 110 valence electrons. The van der Waals surface area contributed by atoms with Gasteiger partial charge in [0.15, 0.2) is 0 Å². The quantitative estimate of drug-likeness (QED) is 0.730. The maximum atomic E-state index is 9.22. The molecule has 0 atom stereocenters. The molecule has 0 spiro atoms. The highest BCUT2D eigenvalue weighted by Gasteiger charge is 2.08. The molecule has 0 aromatic heterocycles. The van der Waals surface area contributed by atoms with Gasteiger partial charge in [0.2, 0.25) is 0 Å². The lowest BCUT2D eigenvalue weighted by molar-refractivity contribution is 0.198. The van der Waals surface area contributed by atoms with E-state index in [2.05, 4.69) is 41.4 Å². The van der Waals surface area contributed by atoms with Gasteiger partial charge in [0.1, 0.15) is 0 Å². The third-order valence-corrected chi connectivity index (χ3v) is 4.11. The minimum absolute atomic E-state index is 0.262. The fraction of sp³-hybridized carbons (Fsp3) is 0.556. The Morgan fingerprint density at radius 2 is 1.40 bits per heavy atom. The minimum Gasteiger partial charge on any atom is -0.395 e. The number of hydrogen-bond donors (Lipinski definition) is 1. The first kappa shape index (κ1) is 15.3. The number of aliphatic hydroxyl groups excluding tert-OH is 1. The summed E-state index contributed by atoms with van der Waals surface area (Å²) in [6.07, 6.45) is 20.4. The van der Waals surface area contributed by atoms with Gasteiger partial charge in [0.05, 0.1) is 6.61 Å². The first-order valence-corrected chi connectivity index (χ1v) is 7.91. The van der Waals surface area contributed by atoms with Crippen LogP contribution in [0.1, 0.15) is 38.5 Å². The molecular weight excluding hydrogens is 246 g/mol. The van der Waals surface area contributed by atoms with Gasteiger partial charge < -0.3 is 10.0 Å². The molecule has 0 unspecified atom stereocenters. The summed E-state index contributed by atoms with van der Waals surface area (Å²) in [5, 5.41) is 9.22. The predicted molar refractivity (Wildman–Crippen MR) is 85.7 cm³/mol. The molecule has 2 nitrogen and oxygen atoms in total. The molecule has 0 aliphatic heterocycles. The van der Waals surface area contributed by atoms with Crippen molar-refractivity contribution in [3.05, 3.63) is 47.6 Å². The molecule has 0 bridgehead atoms. The first-order chi connectivity index (χ1) is 9.88. The molecule has 2 rings (SSSR count). The lowest BCUT2D eigenvalue weighted by atomic mass is 10.0. The highest BCUT2D eigenvalue weighted by molar-refractivity contribution is 5.18. The fourth-order valence-electron chi connectivity index (χ4n) is 2.80. The average molecular weight is 273 g/mol. The molecule has 0 amide bonds. The smallest absolute Gasteiger partial charge is 0.0558 e. The van der Waals surface area contributed by atoms with Crippen LogP contribution in [0.2, 0.25) is 0 Å². The summed E-state index contributed by atoms with van der Waals surface area (Å²) < 4.78 is 0. The lowest BCUT2D eigenvalue weighted by Gasteiger charge is -2.23. The van der Waals surface area contributed by atoms with Crippen molar-refractivity contribution in [2.45, 2.75) is 38.5 Å². The summed E-state index contributed by atoms with van der Waals surface area (Å²) in [6.45, 7) is 3.21. The zero-order chi connectivity index (χ0) is 14.0. The largest absolute Gasteiger partial charge is 0.395 e. The second-order valence-corrected chi connectivity index (χ2v) is 5.65. The van der Waals surface area contributed by atoms with Crippen molar-refractivity contribution >= 4 is 0 Å². The molecule has 2 aliphatic rings. The van der Waals surface area contributed by atoms with Crippen molar-refractivity contribution < 1.29 is 5.11 Å². The summed E-state index contributed by atoms with van der Waals surface area (Å²) in [5.41, 5.74) is 3.10. The third-order valence-electron chi connectivity index (χ3n) is 4.11. The molecule has 2 heteroatoms. The van der Waals surface area contributed by atoms with Gasteiger partial charge in [-0.1, -0.05) is 47.6 Å². The van der Waals surface area contributed by atoms with Crippen LogP contribution in [0.4, 0.5) is 0 Å². The van der Waals surface area contributed by atoms with E-state index >= 15 is 0 Å². The van der Waals surface area contributed by atoms with Crippen LogP contribution in [-0.4, -0.2) is 36.2 Å². The van der Waals surface area contributed by atoms with Crippen molar-refractivity contribution in [1.82, 2.24) is 4.90 Å². The summed E-state index contributed by atoms with van der Waals surface area (Å²) in [5.74, 6) is 0. The number of nitrogens with zero attached hydrogens (tertiary/aromatic N) is 1. The summed E-state index contributed by atoms with van der Waals surface area (Å²) in [4.78, 5) is 2.40. The van der Waals surface area contributed by atoms with Crippen LogP contribution in [0.3, 0.4) is 0 Å². The molecule has 0 aromatic carbocycles. The highest BCUT2D eigenvalue weighted by atomic mass is 16.3. The summed E-state index contributed by atoms with van der Waals surface area (Å²) >= 11 is 0. The number of rotatable bonds is 8. The third kappa shape index (κ3) is 5.48. The number of allylic oxidation sites excluding steroid dienone is 6. The number of hydrogen-bond acceptors (Lipinski definition) is 2. The zero-order valence-corrected chi connectivity index (χ0v) is 12.4. The second kappa shape index (κ2) is 8.93. The van der Waals surface area contributed by atoms with Crippen molar-refractivity contribution in [3.8, 4) is 0 Å². The Morgan fingerprint density at radius 1 is 0.850 bits per heavy atom. The first-order valence-electron chi connectivity index (χ1n) is 7.91. The van der Waals surface area contributed by atoms with Crippen molar-refractivity contribution in [2.24, 2.45) is 0 Å². The zero-order valence-electron chi connectivity index (χ0n) is 12.4. The fourth-order valence-corrected chi connectivity index (χ4v) is 2.80. The van der Waals surface area contributed by atoms with E-state index in [1.807, 2.05) is 0 Å². The second-order valence-electron chi connectivity index (χ2n) is 5.65. The molecule has 0 radical (unpaired) electrons. The topological polar surface area (TPSA) is 23.5 Å². The van der Waals surface area contributed by atoms with Gasteiger partial charge in [-0.3, -0.25) is 0 Å². The van der Waals surface area contributed by atoms with Gasteiger partial charge in [-0.25, -0.2) is 0 Å². The predicted octanol–water partition coefficient (Wildman–Crippen LogP) is 3.61. The van der Waals surface area contributed by atoms with E-state index in [4.69, 9.17) is 0 Å². The minimum atomic E-state index is 0.262. The Morgan fingerprint density at radius 3 is 1.80 bits per heavy atom. The Balaban J connectivity index is 1.74. The van der Waals surface area contributed by atoms with Crippen LogP contribution in [0, 0.1) is 0 Å². The van der Waals surface area contributed by atoms with E-state index in [-0.39, 0.29) is 6.61 Å². The number of aliphatic hydroxyl groups is 1. The average Bonchev–Trinajstić information content (AvgIpc) is 2.52. The molecule has 0 saturated carbocycles. The Bertz CT molecular complexity index is 368. The molecule has 2 aliphatic carbocycles. The van der Waals surface area contributed by atoms with Crippen LogP contribution < -0.4 is 0 Å². The van der Waals surface area contributed by atoms with Crippen molar-refractivity contribution in [2.75, 3.05) is 26.2 Å². The maximum Gasteiger partial charge on any atom is 0.0558 e. The van der Waals surface area contributed by atoms with Gasteiger partial charge in [0.25, 0.3) is 0 Å². The van der Waals surface area contributed by atoms with E-state index in [1.165, 1.54) is 25.7 Å². The van der Waals surface area contributed by atoms with Crippen LogP contribution in [0.25, 0.3) is 0 Å². The van der Waals surface area contributed by atoms with Crippen LogP contribution in [0.15, 0.2) is 47.6 Å². The van der Waals surface area contributed by atoms with Crippen LogP contribution in [-0.2, 0) is 0 Å².